The molecular formula is C13H20ClFN2O2S. The first-order chi connectivity index (χ1) is 8.88. The highest BCUT2D eigenvalue weighted by Crippen LogP contribution is 2.20. The summed E-state index contributed by atoms with van der Waals surface area (Å²) < 4.78 is 40.3. The highest BCUT2D eigenvalue weighted by atomic mass is 35.5. The predicted molar refractivity (Wildman–Crippen MR) is 78.9 cm³/mol. The first-order valence-corrected chi connectivity index (χ1v) is 7.91. The number of rotatable bonds is 3. The minimum atomic E-state index is -3.65. The van der Waals surface area contributed by atoms with E-state index in [1.807, 2.05) is 0 Å². The molecule has 1 aliphatic rings. The van der Waals surface area contributed by atoms with E-state index in [1.54, 1.807) is 6.92 Å². The van der Waals surface area contributed by atoms with E-state index in [-0.39, 0.29) is 29.4 Å². The van der Waals surface area contributed by atoms with Gasteiger partial charge in [0.25, 0.3) is 0 Å². The number of sulfonamides is 1. The van der Waals surface area contributed by atoms with Gasteiger partial charge in [0.1, 0.15) is 5.82 Å². The number of halogens is 2. The Kier molecular flexibility index (Phi) is 5.94. The Bertz CT molecular complexity index is 557. The third kappa shape index (κ3) is 4.15. The maximum Gasteiger partial charge on any atom is 0.240 e. The smallest absolute Gasteiger partial charge is 0.240 e. The molecule has 0 atom stereocenters. The van der Waals surface area contributed by atoms with Gasteiger partial charge in [-0.2, -0.15) is 0 Å². The zero-order valence-electron chi connectivity index (χ0n) is 11.3. The van der Waals surface area contributed by atoms with Crippen LogP contribution in [0.4, 0.5) is 4.39 Å². The molecule has 0 amide bonds. The molecule has 1 fully saturated rings. The van der Waals surface area contributed by atoms with Crippen LogP contribution in [-0.2, 0) is 10.0 Å². The molecule has 0 heterocycles. The fourth-order valence-corrected chi connectivity index (χ4v) is 3.58. The van der Waals surface area contributed by atoms with Crippen molar-refractivity contribution in [3.63, 3.8) is 0 Å². The van der Waals surface area contributed by atoms with Gasteiger partial charge in [-0.15, -0.1) is 12.4 Å². The largest absolute Gasteiger partial charge is 0.328 e. The summed E-state index contributed by atoms with van der Waals surface area (Å²) in [7, 11) is -3.65. The molecule has 114 valence electrons. The highest BCUT2D eigenvalue weighted by Gasteiger charge is 2.24. The molecule has 2 rings (SSSR count). The second kappa shape index (κ2) is 6.85. The Morgan fingerprint density at radius 2 is 1.85 bits per heavy atom. The van der Waals surface area contributed by atoms with Crippen LogP contribution in [0.5, 0.6) is 0 Å². The van der Waals surface area contributed by atoms with Crippen LogP contribution in [0.2, 0.25) is 0 Å². The molecule has 0 aromatic heterocycles. The van der Waals surface area contributed by atoms with Crippen molar-refractivity contribution in [2.75, 3.05) is 0 Å². The zero-order chi connectivity index (χ0) is 14.0. The molecule has 0 bridgehead atoms. The lowest BCUT2D eigenvalue weighted by Gasteiger charge is -2.26. The molecule has 20 heavy (non-hydrogen) atoms. The van der Waals surface area contributed by atoms with Gasteiger partial charge in [0.15, 0.2) is 0 Å². The molecular weight excluding hydrogens is 303 g/mol. The molecule has 4 nitrogen and oxygen atoms in total. The van der Waals surface area contributed by atoms with Crippen LogP contribution in [0.25, 0.3) is 0 Å². The van der Waals surface area contributed by atoms with Gasteiger partial charge in [0.2, 0.25) is 10.0 Å². The predicted octanol–water partition coefficient (Wildman–Crippen LogP) is 2.10. The van der Waals surface area contributed by atoms with Crippen LogP contribution in [0.3, 0.4) is 0 Å². The maximum absolute atomic E-state index is 13.4. The van der Waals surface area contributed by atoms with Crippen molar-refractivity contribution >= 4 is 22.4 Å². The summed E-state index contributed by atoms with van der Waals surface area (Å²) in [6, 6.07) is 4.02. The third-order valence-corrected chi connectivity index (χ3v) is 5.07. The maximum atomic E-state index is 13.4. The molecule has 1 aromatic rings. The van der Waals surface area contributed by atoms with Gasteiger partial charge in [0.05, 0.1) is 4.90 Å². The summed E-state index contributed by atoms with van der Waals surface area (Å²) in [4.78, 5) is -0.0227. The molecule has 1 aliphatic carbocycles. The molecule has 0 unspecified atom stereocenters. The van der Waals surface area contributed by atoms with Gasteiger partial charge < -0.3 is 5.73 Å². The van der Waals surface area contributed by atoms with Crippen molar-refractivity contribution in [2.45, 2.75) is 49.6 Å². The van der Waals surface area contributed by atoms with Gasteiger partial charge in [-0.25, -0.2) is 17.5 Å². The Balaban J connectivity index is 0.00000200. The molecule has 0 saturated heterocycles. The molecule has 1 aromatic carbocycles. The lowest BCUT2D eigenvalue weighted by molar-refractivity contribution is 0.373. The molecule has 3 N–H and O–H groups in total. The number of benzene rings is 1. The van der Waals surface area contributed by atoms with Crippen LogP contribution in [0.1, 0.15) is 31.2 Å². The van der Waals surface area contributed by atoms with Crippen LogP contribution < -0.4 is 10.5 Å². The SMILES string of the molecule is Cc1ccc(S(=O)(=O)NC2CCC(N)CC2)cc1F.Cl. The minimum Gasteiger partial charge on any atom is -0.328 e. The van der Waals surface area contributed by atoms with Crippen molar-refractivity contribution in [1.29, 1.82) is 0 Å². The van der Waals surface area contributed by atoms with E-state index in [0.29, 0.717) is 5.56 Å². The molecule has 0 aliphatic heterocycles. The average Bonchev–Trinajstić information content (AvgIpc) is 2.35. The van der Waals surface area contributed by atoms with E-state index >= 15 is 0 Å². The van der Waals surface area contributed by atoms with E-state index in [4.69, 9.17) is 5.73 Å². The summed E-state index contributed by atoms with van der Waals surface area (Å²) in [6.45, 7) is 1.60. The van der Waals surface area contributed by atoms with Crippen molar-refractivity contribution in [3.05, 3.63) is 29.6 Å². The second-order valence-corrected chi connectivity index (χ2v) is 6.86. The Labute approximate surface area is 125 Å². The lowest BCUT2D eigenvalue weighted by atomic mass is 9.93. The van der Waals surface area contributed by atoms with Crippen LogP contribution in [-0.4, -0.2) is 20.5 Å². The van der Waals surface area contributed by atoms with E-state index in [0.717, 1.165) is 31.7 Å². The number of aryl methyl sites for hydroxylation is 1. The topological polar surface area (TPSA) is 72.2 Å². The normalized spacial score (nSPS) is 23.1. The number of nitrogens with two attached hydrogens (primary N) is 1. The van der Waals surface area contributed by atoms with Crippen molar-refractivity contribution < 1.29 is 12.8 Å². The quantitative estimate of drug-likeness (QED) is 0.895. The summed E-state index contributed by atoms with van der Waals surface area (Å²) in [5.74, 6) is -0.506. The van der Waals surface area contributed by atoms with Gasteiger partial charge in [-0.1, -0.05) is 6.07 Å². The standard InChI is InChI=1S/C13H19FN2O2S.ClH/c1-9-2-7-12(8-13(9)14)19(17,18)16-11-5-3-10(15)4-6-11;/h2,7-8,10-11,16H,3-6,15H2,1H3;1H. The summed E-state index contributed by atoms with van der Waals surface area (Å²) >= 11 is 0. The average molecular weight is 323 g/mol. The minimum absolute atomic E-state index is 0. The molecule has 0 spiro atoms. The lowest BCUT2D eigenvalue weighted by Crippen LogP contribution is -2.40. The van der Waals surface area contributed by atoms with Crippen LogP contribution in [0, 0.1) is 12.7 Å². The molecule has 7 heteroatoms. The van der Waals surface area contributed by atoms with E-state index in [9.17, 15) is 12.8 Å². The van der Waals surface area contributed by atoms with Crippen LogP contribution >= 0.6 is 12.4 Å². The Morgan fingerprint density at radius 3 is 2.40 bits per heavy atom. The molecule has 1 saturated carbocycles. The van der Waals surface area contributed by atoms with Gasteiger partial charge in [0, 0.05) is 12.1 Å². The number of hydrogen-bond donors (Lipinski definition) is 2. The fourth-order valence-electron chi connectivity index (χ4n) is 2.27. The highest BCUT2D eigenvalue weighted by molar-refractivity contribution is 7.89. The van der Waals surface area contributed by atoms with Crippen molar-refractivity contribution in [3.8, 4) is 0 Å². The van der Waals surface area contributed by atoms with Crippen LogP contribution in [0.15, 0.2) is 23.1 Å². The molecule has 0 radical (unpaired) electrons. The van der Waals surface area contributed by atoms with Gasteiger partial charge >= 0.3 is 0 Å². The van der Waals surface area contributed by atoms with Crippen molar-refractivity contribution in [2.24, 2.45) is 5.73 Å². The summed E-state index contributed by atoms with van der Waals surface area (Å²) in [5.41, 5.74) is 6.21. The second-order valence-electron chi connectivity index (χ2n) is 5.14. The summed E-state index contributed by atoms with van der Waals surface area (Å²) in [6.07, 6.45) is 3.09. The van der Waals surface area contributed by atoms with Crippen molar-refractivity contribution in [1.82, 2.24) is 4.72 Å². The third-order valence-electron chi connectivity index (χ3n) is 3.55. The monoisotopic (exact) mass is 322 g/mol. The number of hydrogen-bond acceptors (Lipinski definition) is 3. The Morgan fingerprint density at radius 1 is 1.25 bits per heavy atom. The first kappa shape index (κ1) is 17.4. The summed E-state index contributed by atoms with van der Waals surface area (Å²) in [5, 5.41) is 0. The number of nitrogens with one attached hydrogen (secondary N) is 1. The van der Waals surface area contributed by atoms with E-state index in [1.165, 1.54) is 12.1 Å². The Hall–Kier alpha value is -0.690. The first-order valence-electron chi connectivity index (χ1n) is 6.42. The zero-order valence-corrected chi connectivity index (χ0v) is 12.9. The van der Waals surface area contributed by atoms with Gasteiger partial charge in [-0.3, -0.25) is 0 Å². The fraction of sp³-hybridized carbons (Fsp3) is 0.538. The van der Waals surface area contributed by atoms with E-state index < -0.39 is 15.8 Å². The van der Waals surface area contributed by atoms with Gasteiger partial charge in [-0.05, 0) is 50.3 Å². The van der Waals surface area contributed by atoms with E-state index in [2.05, 4.69) is 4.72 Å².